The largest absolute Gasteiger partial charge is 0.396 e. The third-order valence-electron chi connectivity index (χ3n) is 3.20. The summed E-state index contributed by atoms with van der Waals surface area (Å²) in [5, 5.41) is 12.2. The number of aromatic amines is 1. The van der Waals surface area contributed by atoms with Gasteiger partial charge in [-0.2, -0.15) is 0 Å². The van der Waals surface area contributed by atoms with Crippen LogP contribution >= 0.6 is 0 Å². The van der Waals surface area contributed by atoms with E-state index in [1.54, 1.807) is 0 Å². The SMILES string of the molecule is CCC(CC)(CO)CNC(=O)c1cnc[nH]1. The second-order valence-corrected chi connectivity index (χ2v) is 4.01. The highest BCUT2D eigenvalue weighted by molar-refractivity contribution is 5.91. The molecule has 3 N–H and O–H groups in total. The van der Waals surface area contributed by atoms with Gasteiger partial charge in [0.15, 0.2) is 0 Å². The average molecular weight is 225 g/mol. The lowest BCUT2D eigenvalue weighted by Crippen LogP contribution is -2.39. The van der Waals surface area contributed by atoms with Crippen LogP contribution in [0.2, 0.25) is 0 Å². The van der Waals surface area contributed by atoms with Gasteiger partial charge in [-0.3, -0.25) is 4.79 Å². The molecule has 0 radical (unpaired) electrons. The summed E-state index contributed by atoms with van der Waals surface area (Å²) in [6.45, 7) is 4.60. The Morgan fingerprint density at radius 1 is 1.56 bits per heavy atom. The van der Waals surface area contributed by atoms with Crippen LogP contribution in [0.3, 0.4) is 0 Å². The number of carbonyl (C=O) groups is 1. The first-order valence-electron chi connectivity index (χ1n) is 5.55. The van der Waals surface area contributed by atoms with Gasteiger partial charge in [0, 0.05) is 12.0 Å². The van der Waals surface area contributed by atoms with E-state index in [0.717, 1.165) is 12.8 Å². The first-order valence-corrected chi connectivity index (χ1v) is 5.55. The molecule has 1 rings (SSSR count). The van der Waals surface area contributed by atoms with Crippen molar-refractivity contribution in [3.05, 3.63) is 18.2 Å². The Balaban J connectivity index is 2.53. The van der Waals surface area contributed by atoms with Crippen molar-refractivity contribution in [2.75, 3.05) is 13.2 Å². The Morgan fingerprint density at radius 3 is 2.69 bits per heavy atom. The van der Waals surface area contributed by atoms with Crippen LogP contribution in [0.15, 0.2) is 12.5 Å². The summed E-state index contributed by atoms with van der Waals surface area (Å²) in [4.78, 5) is 18.2. The van der Waals surface area contributed by atoms with E-state index in [0.29, 0.717) is 12.2 Å². The van der Waals surface area contributed by atoms with Gasteiger partial charge in [0.25, 0.3) is 5.91 Å². The Labute approximate surface area is 95.3 Å². The first-order chi connectivity index (χ1) is 7.67. The number of H-pyrrole nitrogens is 1. The maximum Gasteiger partial charge on any atom is 0.269 e. The van der Waals surface area contributed by atoms with Crippen LogP contribution < -0.4 is 5.32 Å². The van der Waals surface area contributed by atoms with Gasteiger partial charge in [0.2, 0.25) is 0 Å². The Hall–Kier alpha value is -1.36. The molecular weight excluding hydrogens is 206 g/mol. The molecule has 5 nitrogen and oxygen atoms in total. The number of nitrogens with zero attached hydrogens (tertiary/aromatic N) is 1. The van der Waals surface area contributed by atoms with Crippen LogP contribution in [0.25, 0.3) is 0 Å². The summed E-state index contributed by atoms with van der Waals surface area (Å²) in [5.74, 6) is -0.183. The van der Waals surface area contributed by atoms with Gasteiger partial charge in [-0.15, -0.1) is 0 Å². The smallest absolute Gasteiger partial charge is 0.269 e. The fourth-order valence-corrected chi connectivity index (χ4v) is 1.52. The Bertz CT molecular complexity index is 310. The van der Waals surface area contributed by atoms with Crippen LogP contribution in [-0.4, -0.2) is 34.1 Å². The molecule has 1 aromatic rings. The number of hydrogen-bond acceptors (Lipinski definition) is 3. The third-order valence-corrected chi connectivity index (χ3v) is 3.20. The lowest BCUT2D eigenvalue weighted by molar-refractivity contribution is 0.0847. The van der Waals surface area contributed by atoms with E-state index >= 15 is 0 Å². The molecule has 0 fully saturated rings. The van der Waals surface area contributed by atoms with Crippen LogP contribution in [0, 0.1) is 5.41 Å². The van der Waals surface area contributed by atoms with E-state index < -0.39 is 0 Å². The first kappa shape index (κ1) is 12.7. The van der Waals surface area contributed by atoms with Gasteiger partial charge >= 0.3 is 0 Å². The summed E-state index contributed by atoms with van der Waals surface area (Å²) in [6.07, 6.45) is 4.62. The zero-order valence-electron chi connectivity index (χ0n) is 9.79. The van der Waals surface area contributed by atoms with Crippen LogP contribution in [0.5, 0.6) is 0 Å². The number of carbonyl (C=O) groups excluding carboxylic acids is 1. The fraction of sp³-hybridized carbons (Fsp3) is 0.636. The maximum absolute atomic E-state index is 11.6. The molecule has 0 spiro atoms. The summed E-state index contributed by atoms with van der Waals surface area (Å²) < 4.78 is 0. The van der Waals surface area contributed by atoms with E-state index in [2.05, 4.69) is 15.3 Å². The molecule has 0 aromatic carbocycles. The van der Waals surface area contributed by atoms with Gasteiger partial charge in [0.05, 0.1) is 19.1 Å². The van der Waals surface area contributed by atoms with Crippen molar-refractivity contribution in [3.8, 4) is 0 Å². The molecule has 1 aromatic heterocycles. The average Bonchev–Trinajstić information content (AvgIpc) is 2.85. The molecule has 0 aliphatic heterocycles. The van der Waals surface area contributed by atoms with Crippen LogP contribution in [0.1, 0.15) is 37.2 Å². The van der Waals surface area contributed by atoms with E-state index in [4.69, 9.17) is 0 Å². The number of imidazole rings is 1. The van der Waals surface area contributed by atoms with Crippen molar-refractivity contribution in [2.24, 2.45) is 5.41 Å². The summed E-state index contributed by atoms with van der Waals surface area (Å²) in [5.41, 5.74) is 0.231. The van der Waals surface area contributed by atoms with Gasteiger partial charge in [0.1, 0.15) is 5.69 Å². The van der Waals surface area contributed by atoms with Crippen molar-refractivity contribution in [1.29, 1.82) is 0 Å². The van der Waals surface area contributed by atoms with E-state index in [-0.39, 0.29) is 17.9 Å². The van der Waals surface area contributed by atoms with Crippen LogP contribution in [0.4, 0.5) is 0 Å². The minimum Gasteiger partial charge on any atom is -0.396 e. The van der Waals surface area contributed by atoms with E-state index in [9.17, 15) is 9.90 Å². The number of nitrogens with one attached hydrogen (secondary N) is 2. The molecule has 5 heteroatoms. The van der Waals surface area contributed by atoms with Gasteiger partial charge in [-0.05, 0) is 12.8 Å². The monoisotopic (exact) mass is 225 g/mol. The van der Waals surface area contributed by atoms with Gasteiger partial charge in [-0.1, -0.05) is 13.8 Å². The third kappa shape index (κ3) is 2.82. The predicted octanol–water partition coefficient (Wildman–Crippen LogP) is 0.938. The predicted molar refractivity (Wildman–Crippen MR) is 61.0 cm³/mol. The molecule has 1 amide bonds. The number of aliphatic hydroxyl groups is 1. The molecule has 90 valence electrons. The van der Waals surface area contributed by atoms with Crippen molar-refractivity contribution in [3.63, 3.8) is 0 Å². The zero-order valence-corrected chi connectivity index (χ0v) is 9.79. The van der Waals surface area contributed by atoms with E-state index in [1.807, 2.05) is 13.8 Å². The highest BCUT2D eigenvalue weighted by atomic mass is 16.3. The fourth-order valence-electron chi connectivity index (χ4n) is 1.52. The summed E-state index contributed by atoms with van der Waals surface area (Å²) in [7, 11) is 0. The Kier molecular flexibility index (Phi) is 4.49. The minimum atomic E-state index is -0.213. The summed E-state index contributed by atoms with van der Waals surface area (Å²) in [6, 6.07) is 0. The molecule has 0 aliphatic rings. The number of aliphatic hydroxyl groups excluding tert-OH is 1. The second-order valence-electron chi connectivity index (χ2n) is 4.01. The minimum absolute atomic E-state index is 0.0866. The maximum atomic E-state index is 11.6. The van der Waals surface area contributed by atoms with Crippen molar-refractivity contribution in [2.45, 2.75) is 26.7 Å². The molecular formula is C11H19N3O2. The number of amides is 1. The summed E-state index contributed by atoms with van der Waals surface area (Å²) >= 11 is 0. The standard InChI is InChI=1S/C11H19N3O2/c1-3-11(4-2,7-15)6-13-10(16)9-5-12-8-14-9/h5,8,15H,3-4,6-7H2,1-2H3,(H,12,14)(H,13,16). The van der Waals surface area contributed by atoms with Gasteiger partial charge < -0.3 is 15.4 Å². The zero-order chi connectivity index (χ0) is 12.0. The molecule has 0 bridgehead atoms. The molecule has 0 unspecified atom stereocenters. The lowest BCUT2D eigenvalue weighted by atomic mass is 9.83. The molecule has 0 saturated carbocycles. The van der Waals surface area contributed by atoms with Crippen molar-refractivity contribution >= 4 is 5.91 Å². The molecule has 0 saturated heterocycles. The van der Waals surface area contributed by atoms with Crippen molar-refractivity contribution in [1.82, 2.24) is 15.3 Å². The molecule has 0 aliphatic carbocycles. The normalized spacial score (nSPS) is 11.4. The van der Waals surface area contributed by atoms with Crippen LogP contribution in [-0.2, 0) is 0 Å². The van der Waals surface area contributed by atoms with E-state index in [1.165, 1.54) is 12.5 Å². The quantitative estimate of drug-likeness (QED) is 0.674. The van der Waals surface area contributed by atoms with Crippen molar-refractivity contribution < 1.29 is 9.90 Å². The van der Waals surface area contributed by atoms with Gasteiger partial charge in [-0.25, -0.2) is 4.98 Å². The molecule has 1 heterocycles. The molecule has 16 heavy (non-hydrogen) atoms. The number of rotatable bonds is 6. The topological polar surface area (TPSA) is 78.0 Å². The lowest BCUT2D eigenvalue weighted by Gasteiger charge is -2.29. The number of hydrogen-bond donors (Lipinski definition) is 3. The Morgan fingerprint density at radius 2 is 2.25 bits per heavy atom. The molecule has 0 atom stereocenters. The highest BCUT2D eigenvalue weighted by Crippen LogP contribution is 2.24. The second kappa shape index (κ2) is 5.65. The highest BCUT2D eigenvalue weighted by Gasteiger charge is 2.26. The number of aromatic nitrogens is 2.